The first-order valence-corrected chi connectivity index (χ1v) is 7.45. The number of phenolic OH excluding ortho intramolecular Hbond substituents is 1. The van der Waals surface area contributed by atoms with Crippen LogP contribution < -0.4 is 11.1 Å². The molecule has 1 amide bonds. The number of nitrogens with two attached hydrogens (primary N) is 1. The van der Waals surface area contributed by atoms with E-state index >= 15 is 0 Å². The fourth-order valence-corrected chi connectivity index (χ4v) is 2.56. The smallest absolute Gasteiger partial charge is 0.241 e. The first kappa shape index (κ1) is 17.8. The van der Waals surface area contributed by atoms with Gasteiger partial charge in [0, 0.05) is 11.1 Å². The van der Waals surface area contributed by atoms with Crippen LogP contribution in [-0.4, -0.2) is 17.1 Å². The summed E-state index contributed by atoms with van der Waals surface area (Å²) in [7, 11) is 0. The van der Waals surface area contributed by atoms with Gasteiger partial charge >= 0.3 is 0 Å². The van der Waals surface area contributed by atoms with E-state index in [0.717, 1.165) is 16.3 Å². The molecule has 0 heterocycles. The molecule has 1 atom stereocenters. The maximum absolute atomic E-state index is 12.3. The molecule has 124 valence electrons. The zero-order valence-corrected chi connectivity index (χ0v) is 13.8. The van der Waals surface area contributed by atoms with Gasteiger partial charge in [-0.3, -0.25) is 4.79 Å². The highest BCUT2D eigenvalue weighted by Gasteiger charge is 2.15. The van der Waals surface area contributed by atoms with E-state index in [4.69, 9.17) is 5.73 Å². The predicted molar refractivity (Wildman–Crippen MR) is 99.6 cm³/mol. The summed E-state index contributed by atoms with van der Waals surface area (Å²) < 4.78 is 0. The van der Waals surface area contributed by atoms with Crippen molar-refractivity contribution in [2.75, 3.05) is 5.32 Å². The number of nitrogens with one attached hydrogen (secondary N) is 1. The van der Waals surface area contributed by atoms with Crippen LogP contribution in [0.2, 0.25) is 0 Å². The Kier molecular flexibility index (Phi) is 5.79. The lowest BCUT2D eigenvalue weighted by molar-refractivity contribution is -0.117. The standard InChI is InChI=1S/C19H18N2O2.ClH/c20-17(11-13-5-2-1-3-6-13)19(23)21-18-8-4-7-14-9-10-15(22)12-16(14)18;/h1-10,12,17,22H,11,20H2,(H,21,23);1H/t17-;/m1./s1. The molecule has 0 fully saturated rings. The molecule has 0 aromatic heterocycles. The van der Waals surface area contributed by atoms with E-state index in [-0.39, 0.29) is 24.1 Å². The molecule has 0 saturated heterocycles. The Morgan fingerprint density at radius 3 is 2.54 bits per heavy atom. The number of phenols is 1. The monoisotopic (exact) mass is 342 g/mol. The van der Waals surface area contributed by atoms with Crippen LogP contribution in [0, 0.1) is 0 Å². The van der Waals surface area contributed by atoms with Gasteiger partial charge in [-0.25, -0.2) is 0 Å². The maximum Gasteiger partial charge on any atom is 0.241 e. The molecule has 0 unspecified atom stereocenters. The molecular formula is C19H19ClN2O2. The summed E-state index contributed by atoms with van der Waals surface area (Å²) in [6.45, 7) is 0. The SMILES string of the molecule is Cl.N[C@H](Cc1ccccc1)C(=O)Nc1cccc2ccc(O)cc12. The van der Waals surface area contributed by atoms with E-state index in [1.807, 2.05) is 48.5 Å². The van der Waals surface area contributed by atoms with Crippen LogP contribution in [0.25, 0.3) is 10.8 Å². The summed E-state index contributed by atoms with van der Waals surface area (Å²) in [4.78, 5) is 12.3. The van der Waals surface area contributed by atoms with Gasteiger partial charge in [0.1, 0.15) is 5.75 Å². The Labute approximate surface area is 146 Å². The molecular weight excluding hydrogens is 324 g/mol. The van der Waals surface area contributed by atoms with Gasteiger partial charge in [-0.05, 0) is 35.6 Å². The van der Waals surface area contributed by atoms with Crippen molar-refractivity contribution in [1.29, 1.82) is 0 Å². The van der Waals surface area contributed by atoms with E-state index in [9.17, 15) is 9.90 Å². The lowest BCUT2D eigenvalue weighted by Gasteiger charge is -2.14. The fraction of sp³-hybridized carbons (Fsp3) is 0.105. The summed E-state index contributed by atoms with van der Waals surface area (Å²) in [5.74, 6) is -0.0857. The lowest BCUT2D eigenvalue weighted by Crippen LogP contribution is -2.37. The van der Waals surface area contributed by atoms with Crippen molar-refractivity contribution < 1.29 is 9.90 Å². The number of amides is 1. The predicted octanol–water partition coefficient (Wildman–Crippen LogP) is 3.48. The van der Waals surface area contributed by atoms with E-state index in [2.05, 4.69) is 5.32 Å². The number of carbonyl (C=O) groups excluding carboxylic acids is 1. The number of hydrogen-bond acceptors (Lipinski definition) is 3. The quantitative estimate of drug-likeness (QED) is 0.679. The average Bonchev–Trinajstić information content (AvgIpc) is 2.56. The molecule has 0 radical (unpaired) electrons. The van der Waals surface area contributed by atoms with Gasteiger partial charge < -0.3 is 16.2 Å². The summed E-state index contributed by atoms with van der Waals surface area (Å²) in [6, 6.07) is 19.7. The van der Waals surface area contributed by atoms with Gasteiger partial charge in [-0.1, -0.05) is 48.5 Å². The van der Waals surface area contributed by atoms with Gasteiger partial charge in [-0.15, -0.1) is 12.4 Å². The number of anilines is 1. The molecule has 3 aromatic rings. The highest BCUT2D eigenvalue weighted by molar-refractivity contribution is 6.04. The largest absolute Gasteiger partial charge is 0.508 e. The zero-order chi connectivity index (χ0) is 16.2. The Balaban J connectivity index is 0.00000208. The fourth-order valence-electron chi connectivity index (χ4n) is 2.56. The lowest BCUT2D eigenvalue weighted by atomic mass is 10.1. The van der Waals surface area contributed by atoms with Crippen molar-refractivity contribution >= 4 is 34.8 Å². The zero-order valence-electron chi connectivity index (χ0n) is 13.0. The molecule has 3 aromatic carbocycles. The van der Waals surface area contributed by atoms with Crippen LogP contribution in [0.1, 0.15) is 5.56 Å². The minimum atomic E-state index is -0.634. The van der Waals surface area contributed by atoms with Gasteiger partial charge in [0.2, 0.25) is 5.91 Å². The molecule has 0 spiro atoms. The first-order chi connectivity index (χ1) is 11.1. The van der Waals surface area contributed by atoms with Gasteiger partial charge in [0.25, 0.3) is 0 Å². The van der Waals surface area contributed by atoms with Crippen LogP contribution in [0.15, 0.2) is 66.7 Å². The second-order valence-corrected chi connectivity index (χ2v) is 5.50. The second-order valence-electron chi connectivity index (χ2n) is 5.50. The van der Waals surface area contributed by atoms with Crippen LogP contribution in [0.5, 0.6) is 5.75 Å². The molecule has 4 nitrogen and oxygen atoms in total. The third-order valence-corrected chi connectivity index (χ3v) is 3.76. The molecule has 5 heteroatoms. The van der Waals surface area contributed by atoms with Crippen molar-refractivity contribution in [1.82, 2.24) is 0 Å². The van der Waals surface area contributed by atoms with Crippen molar-refractivity contribution in [3.05, 3.63) is 72.3 Å². The highest BCUT2D eigenvalue weighted by Crippen LogP contribution is 2.27. The van der Waals surface area contributed by atoms with Crippen molar-refractivity contribution in [3.63, 3.8) is 0 Å². The highest BCUT2D eigenvalue weighted by atomic mass is 35.5. The van der Waals surface area contributed by atoms with Crippen molar-refractivity contribution in [2.24, 2.45) is 5.73 Å². The number of hydrogen-bond donors (Lipinski definition) is 3. The molecule has 3 rings (SSSR count). The number of carbonyl (C=O) groups is 1. The Hall–Kier alpha value is -2.56. The number of aromatic hydroxyl groups is 1. The Bertz CT molecular complexity index is 837. The third kappa shape index (κ3) is 4.04. The maximum atomic E-state index is 12.3. The number of halogens is 1. The minimum absolute atomic E-state index is 0. The number of rotatable bonds is 4. The molecule has 0 aliphatic carbocycles. The van der Waals surface area contributed by atoms with Crippen molar-refractivity contribution in [3.8, 4) is 5.75 Å². The van der Waals surface area contributed by atoms with Gasteiger partial charge in [-0.2, -0.15) is 0 Å². The molecule has 24 heavy (non-hydrogen) atoms. The molecule has 0 aliphatic heterocycles. The number of fused-ring (bicyclic) bond motifs is 1. The third-order valence-electron chi connectivity index (χ3n) is 3.76. The summed E-state index contributed by atoms with van der Waals surface area (Å²) in [6.07, 6.45) is 0.475. The Morgan fingerprint density at radius 2 is 1.79 bits per heavy atom. The molecule has 0 saturated carbocycles. The van der Waals surface area contributed by atoms with Crippen LogP contribution >= 0.6 is 12.4 Å². The molecule has 0 aliphatic rings. The average molecular weight is 343 g/mol. The molecule has 0 bridgehead atoms. The normalized spacial score (nSPS) is 11.5. The van der Waals surface area contributed by atoms with Gasteiger partial charge in [0.15, 0.2) is 0 Å². The van der Waals surface area contributed by atoms with Gasteiger partial charge in [0.05, 0.1) is 6.04 Å². The number of benzene rings is 3. The second kappa shape index (κ2) is 7.81. The summed E-state index contributed by atoms with van der Waals surface area (Å²) in [5.41, 5.74) is 7.67. The summed E-state index contributed by atoms with van der Waals surface area (Å²) in [5, 5.41) is 14.2. The van der Waals surface area contributed by atoms with Crippen molar-refractivity contribution in [2.45, 2.75) is 12.5 Å². The first-order valence-electron chi connectivity index (χ1n) is 7.45. The Morgan fingerprint density at radius 1 is 1.04 bits per heavy atom. The van der Waals surface area contributed by atoms with Crippen LogP contribution in [0.3, 0.4) is 0 Å². The van der Waals surface area contributed by atoms with E-state index in [0.29, 0.717) is 12.1 Å². The summed E-state index contributed by atoms with van der Waals surface area (Å²) >= 11 is 0. The van der Waals surface area contributed by atoms with E-state index in [1.54, 1.807) is 18.2 Å². The molecule has 4 N–H and O–H groups in total. The van der Waals surface area contributed by atoms with Crippen LogP contribution in [0.4, 0.5) is 5.69 Å². The van der Waals surface area contributed by atoms with E-state index in [1.165, 1.54) is 0 Å². The minimum Gasteiger partial charge on any atom is -0.508 e. The van der Waals surface area contributed by atoms with Crippen LogP contribution in [-0.2, 0) is 11.2 Å². The topological polar surface area (TPSA) is 75.4 Å². The van der Waals surface area contributed by atoms with E-state index < -0.39 is 6.04 Å².